The molecule has 0 aliphatic carbocycles. The molecule has 4 aromatic rings. The summed E-state index contributed by atoms with van der Waals surface area (Å²) in [6.45, 7) is 6.27. The van der Waals surface area contributed by atoms with Gasteiger partial charge in [0.1, 0.15) is 11.5 Å². The monoisotopic (exact) mass is 670 g/mol. The van der Waals surface area contributed by atoms with Crippen LogP contribution in [-0.2, 0) is 20.9 Å². The lowest BCUT2D eigenvalue weighted by atomic mass is 10.1. The maximum Gasteiger partial charge on any atom is 0.225 e. The van der Waals surface area contributed by atoms with E-state index in [0.29, 0.717) is 43.9 Å². The molecule has 3 heterocycles. The predicted octanol–water partition coefficient (Wildman–Crippen LogP) is 5.04. The van der Waals surface area contributed by atoms with Crippen molar-refractivity contribution in [3.05, 3.63) is 60.7 Å². The number of methoxy groups -OCH3 is 2. The lowest BCUT2D eigenvalue weighted by Crippen LogP contribution is -2.34. The third kappa shape index (κ3) is 10.2. The number of aromatic nitrogens is 4. The van der Waals surface area contributed by atoms with Crippen LogP contribution in [0, 0.1) is 0 Å². The molecule has 13 heteroatoms. The topological polar surface area (TPSA) is 147 Å². The van der Waals surface area contributed by atoms with E-state index in [2.05, 4.69) is 25.7 Å². The molecule has 2 aromatic heterocycles. The first-order valence-electron chi connectivity index (χ1n) is 16.8. The van der Waals surface area contributed by atoms with Crippen LogP contribution >= 0.6 is 0 Å². The second kappa shape index (κ2) is 17.3. The summed E-state index contributed by atoms with van der Waals surface area (Å²) in [6.07, 6.45) is 3.73. The van der Waals surface area contributed by atoms with Gasteiger partial charge in [-0.05, 0) is 92.9 Å². The van der Waals surface area contributed by atoms with E-state index in [0.717, 1.165) is 79.6 Å². The Bertz CT molecular complexity index is 1680. The molecule has 3 amide bonds. The quantitative estimate of drug-likeness (QED) is 0.149. The number of aromatic amines is 1. The van der Waals surface area contributed by atoms with Crippen LogP contribution in [0.2, 0.25) is 0 Å². The normalized spacial score (nSPS) is 13.5. The van der Waals surface area contributed by atoms with Crippen LogP contribution in [-0.4, -0.2) is 94.4 Å². The lowest BCUT2D eigenvalue weighted by Gasteiger charge is -2.20. The Kier molecular flexibility index (Phi) is 12.4. The third-order valence-corrected chi connectivity index (χ3v) is 8.62. The van der Waals surface area contributed by atoms with Crippen molar-refractivity contribution < 1.29 is 23.9 Å². The smallest absolute Gasteiger partial charge is 0.225 e. The number of nitrogens with one attached hydrogen (secondary N) is 3. The average Bonchev–Trinajstić information content (AvgIpc) is 3.66. The lowest BCUT2D eigenvalue weighted by molar-refractivity contribution is -0.128. The third-order valence-electron chi connectivity index (χ3n) is 8.62. The molecule has 0 saturated carbocycles. The fraction of sp³-hybridized carbons (Fsp3) is 0.417. The zero-order chi connectivity index (χ0) is 34.6. The molecule has 13 nitrogen and oxygen atoms in total. The highest BCUT2D eigenvalue weighted by molar-refractivity contribution is 5.91. The van der Waals surface area contributed by atoms with Crippen molar-refractivity contribution in [3.8, 4) is 34.0 Å². The van der Waals surface area contributed by atoms with E-state index in [1.165, 1.54) is 0 Å². The number of hydrogen-bond acceptors (Lipinski definition) is 8. The molecule has 2 aromatic carbocycles. The molecule has 5 rings (SSSR count). The first kappa shape index (κ1) is 35.1. The largest absolute Gasteiger partial charge is 0.497 e. The fourth-order valence-electron chi connectivity index (χ4n) is 5.88. The van der Waals surface area contributed by atoms with E-state index < -0.39 is 0 Å². The molecule has 1 saturated heterocycles. The molecule has 0 unspecified atom stereocenters. The van der Waals surface area contributed by atoms with Gasteiger partial charge in [0.05, 0.1) is 25.6 Å². The number of rotatable bonds is 15. The van der Waals surface area contributed by atoms with Gasteiger partial charge in [-0.25, -0.2) is 0 Å². The van der Waals surface area contributed by atoms with E-state index in [4.69, 9.17) is 14.6 Å². The number of carbonyl (C=O) groups excluding carboxylic acids is 3. The highest BCUT2D eigenvalue weighted by Gasteiger charge is 2.17. The van der Waals surface area contributed by atoms with Gasteiger partial charge in [-0.2, -0.15) is 10.2 Å². The molecule has 1 aliphatic heterocycles. The Morgan fingerprint density at radius 3 is 2.08 bits per heavy atom. The summed E-state index contributed by atoms with van der Waals surface area (Å²) in [5.74, 6) is 2.39. The minimum Gasteiger partial charge on any atom is -0.497 e. The molecule has 1 aliphatic rings. The number of ether oxygens (including phenoxy) is 2. The van der Waals surface area contributed by atoms with E-state index in [1.54, 1.807) is 27.2 Å². The van der Waals surface area contributed by atoms with Gasteiger partial charge in [0.2, 0.25) is 17.7 Å². The predicted molar refractivity (Wildman–Crippen MR) is 188 cm³/mol. The van der Waals surface area contributed by atoms with Gasteiger partial charge >= 0.3 is 0 Å². The van der Waals surface area contributed by atoms with Crippen molar-refractivity contribution in [2.45, 2.75) is 52.0 Å². The number of anilines is 2. The van der Waals surface area contributed by atoms with Gasteiger partial charge in [-0.3, -0.25) is 24.2 Å². The summed E-state index contributed by atoms with van der Waals surface area (Å²) in [4.78, 5) is 41.5. The summed E-state index contributed by atoms with van der Waals surface area (Å²) in [6, 6.07) is 19.0. The number of carbonyl (C=O) groups is 3. The molecule has 1 fully saturated rings. The van der Waals surface area contributed by atoms with Crippen molar-refractivity contribution in [1.29, 1.82) is 0 Å². The first-order valence-corrected chi connectivity index (χ1v) is 16.8. The standard InChI is InChI=1S/C36H46N8O5/c1-26(45)43-20-7-19-42(22-23-43)18-6-9-36(47)38-34-25-32(28-12-16-30(49-3)17-13-28)44(41-34)21-5-4-8-35(46)37-33-24-31(39-40-33)27-10-14-29(48-2)15-11-27/h10-17,24-25H,4-9,18-23H2,1-3H3,(H,38,41,47)(H2,37,39,40,46). The Morgan fingerprint density at radius 2 is 1.41 bits per heavy atom. The highest BCUT2D eigenvalue weighted by atomic mass is 16.5. The van der Waals surface area contributed by atoms with Crippen LogP contribution in [0.15, 0.2) is 60.7 Å². The SMILES string of the molecule is COc1ccc(-c2cc(NC(=O)CCCCn3nc(NC(=O)CCCN4CCCN(C(C)=O)CC4)cc3-c3ccc(OC)cc3)n[nH]2)cc1. The first-order chi connectivity index (χ1) is 23.8. The molecule has 260 valence electrons. The van der Waals surface area contributed by atoms with Crippen LogP contribution in [0.3, 0.4) is 0 Å². The fourth-order valence-corrected chi connectivity index (χ4v) is 5.88. The molecular formula is C36H46N8O5. The molecule has 0 spiro atoms. The Balaban J connectivity index is 1.12. The number of benzene rings is 2. The van der Waals surface area contributed by atoms with Crippen LogP contribution in [0.25, 0.3) is 22.5 Å². The van der Waals surface area contributed by atoms with Gasteiger partial charge in [0, 0.05) is 63.6 Å². The Hall–Kier alpha value is -5.17. The highest BCUT2D eigenvalue weighted by Crippen LogP contribution is 2.26. The Labute approximate surface area is 287 Å². The summed E-state index contributed by atoms with van der Waals surface area (Å²) >= 11 is 0. The number of unbranched alkanes of at least 4 members (excludes halogenated alkanes) is 1. The zero-order valence-corrected chi connectivity index (χ0v) is 28.5. The van der Waals surface area contributed by atoms with E-state index in [-0.39, 0.29) is 17.7 Å². The van der Waals surface area contributed by atoms with Gasteiger partial charge in [0.25, 0.3) is 0 Å². The van der Waals surface area contributed by atoms with Gasteiger partial charge < -0.3 is 29.9 Å². The number of aryl methyl sites for hydroxylation is 1. The second-order valence-corrected chi connectivity index (χ2v) is 12.1. The molecule has 49 heavy (non-hydrogen) atoms. The molecule has 0 atom stereocenters. The molecular weight excluding hydrogens is 624 g/mol. The maximum atomic E-state index is 12.9. The average molecular weight is 671 g/mol. The van der Waals surface area contributed by atoms with Gasteiger partial charge in [-0.1, -0.05) is 0 Å². The number of nitrogens with zero attached hydrogens (tertiary/aromatic N) is 5. The summed E-state index contributed by atoms with van der Waals surface area (Å²) in [5, 5.41) is 17.7. The van der Waals surface area contributed by atoms with Crippen molar-refractivity contribution in [1.82, 2.24) is 29.8 Å². The number of H-pyrrole nitrogens is 1. The van der Waals surface area contributed by atoms with Gasteiger partial charge in [0.15, 0.2) is 11.6 Å². The molecule has 3 N–H and O–H groups in total. The minimum absolute atomic E-state index is 0.0868. The van der Waals surface area contributed by atoms with Crippen LogP contribution in [0.4, 0.5) is 11.6 Å². The van der Waals surface area contributed by atoms with Crippen molar-refractivity contribution >= 4 is 29.4 Å². The van der Waals surface area contributed by atoms with Crippen molar-refractivity contribution in [3.63, 3.8) is 0 Å². The summed E-state index contributed by atoms with van der Waals surface area (Å²) < 4.78 is 12.4. The Morgan fingerprint density at radius 1 is 0.755 bits per heavy atom. The maximum absolute atomic E-state index is 12.9. The number of amides is 3. The van der Waals surface area contributed by atoms with Crippen LogP contribution < -0.4 is 20.1 Å². The molecule has 0 radical (unpaired) electrons. The van der Waals surface area contributed by atoms with Crippen LogP contribution in [0.5, 0.6) is 11.5 Å². The van der Waals surface area contributed by atoms with Gasteiger partial charge in [-0.15, -0.1) is 0 Å². The number of hydrogen-bond donors (Lipinski definition) is 3. The van der Waals surface area contributed by atoms with E-state index in [1.807, 2.05) is 64.2 Å². The molecule has 0 bridgehead atoms. The van der Waals surface area contributed by atoms with Crippen molar-refractivity contribution in [2.24, 2.45) is 0 Å². The van der Waals surface area contributed by atoms with E-state index >= 15 is 0 Å². The zero-order valence-electron chi connectivity index (χ0n) is 28.5. The van der Waals surface area contributed by atoms with E-state index in [9.17, 15) is 14.4 Å². The second-order valence-electron chi connectivity index (χ2n) is 12.1. The van der Waals surface area contributed by atoms with Crippen LogP contribution in [0.1, 0.15) is 45.4 Å². The summed E-state index contributed by atoms with van der Waals surface area (Å²) in [7, 11) is 3.25. The van der Waals surface area contributed by atoms with Crippen molar-refractivity contribution in [2.75, 3.05) is 57.6 Å². The summed E-state index contributed by atoms with van der Waals surface area (Å²) in [5.41, 5.74) is 3.54. The minimum atomic E-state index is -0.118.